The van der Waals surface area contributed by atoms with Crippen LogP contribution in [0.5, 0.6) is 0 Å². The summed E-state index contributed by atoms with van der Waals surface area (Å²) in [5.41, 5.74) is 3.70. The highest BCUT2D eigenvalue weighted by molar-refractivity contribution is 9.10. The van der Waals surface area contributed by atoms with Gasteiger partial charge in [-0.3, -0.25) is 4.79 Å². The molecule has 0 aliphatic carbocycles. The van der Waals surface area contributed by atoms with Crippen molar-refractivity contribution in [1.82, 2.24) is 5.16 Å². The van der Waals surface area contributed by atoms with E-state index in [9.17, 15) is 4.79 Å². The molecule has 0 radical (unpaired) electrons. The minimum atomic E-state index is -0.238. The molecule has 5 heteroatoms. The van der Waals surface area contributed by atoms with Crippen LogP contribution in [-0.2, 0) is 0 Å². The van der Waals surface area contributed by atoms with Crippen LogP contribution in [0.2, 0.25) is 0 Å². The Hall–Kier alpha value is -2.40. The van der Waals surface area contributed by atoms with E-state index in [0.29, 0.717) is 22.7 Å². The standard InChI is InChI=1S/C18H15BrN2O2/c1-11-6-8-13(9-7-11)17-16(12(2)21-23-17)18(22)20-15-5-3-4-14(19)10-15/h3-10H,1-2H3,(H,20,22). The van der Waals surface area contributed by atoms with Crippen LogP contribution in [0.1, 0.15) is 21.6 Å². The molecule has 1 aromatic heterocycles. The van der Waals surface area contributed by atoms with Crippen molar-refractivity contribution in [3.63, 3.8) is 0 Å². The number of anilines is 1. The summed E-state index contributed by atoms with van der Waals surface area (Å²) >= 11 is 3.39. The molecule has 23 heavy (non-hydrogen) atoms. The first-order valence-corrected chi connectivity index (χ1v) is 7.94. The molecular formula is C18H15BrN2O2. The highest BCUT2D eigenvalue weighted by atomic mass is 79.9. The van der Waals surface area contributed by atoms with Gasteiger partial charge in [0.2, 0.25) is 0 Å². The van der Waals surface area contributed by atoms with Crippen molar-refractivity contribution in [3.05, 3.63) is 69.8 Å². The number of hydrogen-bond donors (Lipinski definition) is 1. The largest absolute Gasteiger partial charge is 0.355 e. The third-order valence-electron chi connectivity index (χ3n) is 3.49. The van der Waals surface area contributed by atoms with E-state index >= 15 is 0 Å². The van der Waals surface area contributed by atoms with Gasteiger partial charge >= 0.3 is 0 Å². The van der Waals surface area contributed by atoms with Crippen molar-refractivity contribution in [2.45, 2.75) is 13.8 Å². The van der Waals surface area contributed by atoms with E-state index < -0.39 is 0 Å². The number of hydrogen-bond acceptors (Lipinski definition) is 3. The van der Waals surface area contributed by atoms with Crippen LogP contribution in [0.25, 0.3) is 11.3 Å². The second-order valence-corrected chi connectivity index (χ2v) is 6.22. The van der Waals surface area contributed by atoms with E-state index in [1.807, 2.05) is 55.5 Å². The molecule has 0 atom stereocenters. The zero-order chi connectivity index (χ0) is 16.4. The number of carbonyl (C=O) groups excluding carboxylic acids is 1. The van der Waals surface area contributed by atoms with E-state index in [1.165, 1.54) is 0 Å². The van der Waals surface area contributed by atoms with E-state index in [1.54, 1.807) is 6.92 Å². The van der Waals surface area contributed by atoms with E-state index in [-0.39, 0.29) is 5.91 Å². The number of nitrogens with zero attached hydrogens (tertiary/aromatic N) is 1. The number of aromatic nitrogens is 1. The number of amides is 1. The number of carbonyl (C=O) groups is 1. The molecule has 0 aliphatic heterocycles. The molecule has 0 saturated carbocycles. The second kappa shape index (κ2) is 6.38. The molecule has 0 bridgehead atoms. The van der Waals surface area contributed by atoms with Crippen LogP contribution < -0.4 is 5.32 Å². The fourth-order valence-electron chi connectivity index (χ4n) is 2.30. The average molecular weight is 371 g/mol. The van der Waals surface area contributed by atoms with Gasteiger partial charge in [-0.2, -0.15) is 0 Å². The minimum absolute atomic E-state index is 0.238. The lowest BCUT2D eigenvalue weighted by atomic mass is 10.0. The smallest absolute Gasteiger partial charge is 0.261 e. The summed E-state index contributed by atoms with van der Waals surface area (Å²) in [6, 6.07) is 15.2. The van der Waals surface area contributed by atoms with Crippen LogP contribution in [-0.4, -0.2) is 11.1 Å². The molecule has 0 aliphatic rings. The van der Waals surface area contributed by atoms with Crippen molar-refractivity contribution < 1.29 is 9.32 Å². The summed E-state index contributed by atoms with van der Waals surface area (Å²) in [7, 11) is 0. The first kappa shape index (κ1) is 15.5. The van der Waals surface area contributed by atoms with E-state index in [2.05, 4.69) is 26.4 Å². The molecule has 1 amide bonds. The molecule has 0 saturated heterocycles. The van der Waals surface area contributed by atoms with Gasteiger partial charge in [-0.15, -0.1) is 0 Å². The molecular weight excluding hydrogens is 356 g/mol. The maximum atomic E-state index is 12.6. The summed E-state index contributed by atoms with van der Waals surface area (Å²) in [6.07, 6.45) is 0. The Balaban J connectivity index is 1.95. The highest BCUT2D eigenvalue weighted by Gasteiger charge is 2.21. The Morgan fingerprint density at radius 2 is 1.87 bits per heavy atom. The minimum Gasteiger partial charge on any atom is -0.355 e. The monoisotopic (exact) mass is 370 g/mol. The van der Waals surface area contributed by atoms with Crippen molar-refractivity contribution in [1.29, 1.82) is 0 Å². The van der Waals surface area contributed by atoms with Crippen molar-refractivity contribution >= 4 is 27.5 Å². The normalized spacial score (nSPS) is 10.6. The molecule has 2 aromatic carbocycles. The maximum Gasteiger partial charge on any atom is 0.261 e. The van der Waals surface area contributed by atoms with Crippen LogP contribution in [0.4, 0.5) is 5.69 Å². The van der Waals surface area contributed by atoms with Gasteiger partial charge in [0.05, 0.1) is 5.69 Å². The van der Waals surface area contributed by atoms with Gasteiger partial charge in [0, 0.05) is 15.7 Å². The zero-order valence-corrected chi connectivity index (χ0v) is 14.3. The van der Waals surface area contributed by atoms with E-state index in [0.717, 1.165) is 15.6 Å². The van der Waals surface area contributed by atoms with Gasteiger partial charge in [0.15, 0.2) is 5.76 Å². The molecule has 3 aromatic rings. The van der Waals surface area contributed by atoms with E-state index in [4.69, 9.17) is 4.52 Å². The number of aryl methyl sites for hydroxylation is 2. The van der Waals surface area contributed by atoms with Gasteiger partial charge in [0.25, 0.3) is 5.91 Å². The van der Waals surface area contributed by atoms with Crippen LogP contribution >= 0.6 is 15.9 Å². The fourth-order valence-corrected chi connectivity index (χ4v) is 2.70. The average Bonchev–Trinajstić information content (AvgIpc) is 2.90. The Kier molecular flexibility index (Phi) is 4.30. The van der Waals surface area contributed by atoms with Gasteiger partial charge in [-0.1, -0.05) is 57.0 Å². The van der Waals surface area contributed by atoms with Gasteiger partial charge in [-0.25, -0.2) is 0 Å². The van der Waals surface area contributed by atoms with Crippen LogP contribution in [0.15, 0.2) is 57.5 Å². The number of benzene rings is 2. The van der Waals surface area contributed by atoms with Crippen molar-refractivity contribution in [2.75, 3.05) is 5.32 Å². The lowest BCUT2D eigenvalue weighted by Crippen LogP contribution is -2.13. The topological polar surface area (TPSA) is 55.1 Å². The molecule has 1 N–H and O–H groups in total. The third kappa shape index (κ3) is 3.35. The van der Waals surface area contributed by atoms with Crippen LogP contribution in [0.3, 0.4) is 0 Å². The lowest BCUT2D eigenvalue weighted by Gasteiger charge is -2.06. The van der Waals surface area contributed by atoms with Gasteiger partial charge in [-0.05, 0) is 32.0 Å². The summed E-state index contributed by atoms with van der Waals surface area (Å²) in [5.74, 6) is 0.243. The molecule has 116 valence electrons. The molecule has 3 rings (SSSR count). The first-order chi connectivity index (χ1) is 11.0. The zero-order valence-electron chi connectivity index (χ0n) is 12.8. The Bertz CT molecular complexity index is 854. The molecule has 1 heterocycles. The maximum absolute atomic E-state index is 12.6. The lowest BCUT2D eigenvalue weighted by molar-refractivity contribution is 0.102. The highest BCUT2D eigenvalue weighted by Crippen LogP contribution is 2.27. The van der Waals surface area contributed by atoms with Gasteiger partial charge in [0.1, 0.15) is 5.56 Å². The third-order valence-corrected chi connectivity index (χ3v) is 3.98. The number of halogens is 1. The molecule has 0 unspecified atom stereocenters. The summed E-state index contributed by atoms with van der Waals surface area (Å²) in [4.78, 5) is 12.6. The predicted octanol–water partition coefficient (Wildman–Crippen LogP) is 4.97. The second-order valence-electron chi connectivity index (χ2n) is 5.30. The SMILES string of the molecule is Cc1ccc(-c2onc(C)c2C(=O)Nc2cccc(Br)c2)cc1. The van der Waals surface area contributed by atoms with Crippen LogP contribution in [0, 0.1) is 13.8 Å². The number of nitrogens with one attached hydrogen (secondary N) is 1. The molecule has 0 fully saturated rings. The Morgan fingerprint density at radius 3 is 2.57 bits per heavy atom. The quantitative estimate of drug-likeness (QED) is 0.707. The molecule has 4 nitrogen and oxygen atoms in total. The summed E-state index contributed by atoms with van der Waals surface area (Å²) < 4.78 is 6.28. The summed E-state index contributed by atoms with van der Waals surface area (Å²) in [6.45, 7) is 3.77. The van der Waals surface area contributed by atoms with Crippen molar-refractivity contribution in [3.8, 4) is 11.3 Å². The predicted molar refractivity (Wildman–Crippen MR) is 93.5 cm³/mol. The fraction of sp³-hybridized carbons (Fsp3) is 0.111. The Morgan fingerprint density at radius 1 is 1.13 bits per heavy atom. The summed E-state index contributed by atoms with van der Waals surface area (Å²) in [5, 5.41) is 6.83. The first-order valence-electron chi connectivity index (χ1n) is 7.15. The molecule has 0 spiro atoms. The number of rotatable bonds is 3. The van der Waals surface area contributed by atoms with Gasteiger partial charge < -0.3 is 9.84 Å². The van der Waals surface area contributed by atoms with Crippen molar-refractivity contribution in [2.24, 2.45) is 0 Å². The Labute approximate surface area is 142 Å².